The maximum atomic E-state index is 9.66. The van der Waals surface area contributed by atoms with Crippen molar-refractivity contribution in [3.63, 3.8) is 0 Å². The van der Waals surface area contributed by atoms with Gasteiger partial charge in [0, 0.05) is 33.2 Å². The highest BCUT2D eigenvalue weighted by Gasteiger charge is 2.18. The van der Waals surface area contributed by atoms with Crippen molar-refractivity contribution >= 4 is 38.5 Å². The van der Waals surface area contributed by atoms with Gasteiger partial charge in [0.1, 0.15) is 12.4 Å². The van der Waals surface area contributed by atoms with Crippen LogP contribution in [-0.2, 0) is 13.2 Å². The summed E-state index contributed by atoms with van der Waals surface area (Å²) in [5.41, 5.74) is 2.36. The summed E-state index contributed by atoms with van der Waals surface area (Å²) >= 11 is 5.87. The number of rotatable bonds is 5. The van der Waals surface area contributed by atoms with E-state index in [2.05, 4.69) is 73.8 Å². The zero-order valence-electron chi connectivity index (χ0n) is 13.4. The van der Waals surface area contributed by atoms with Crippen molar-refractivity contribution in [2.45, 2.75) is 32.1 Å². The molecule has 5 heteroatoms. The third-order valence-corrected chi connectivity index (χ3v) is 5.49. The maximum absolute atomic E-state index is 9.66. The Balaban J connectivity index is 1.67. The first-order valence-corrected chi connectivity index (χ1v) is 10.0. The minimum atomic E-state index is -0.139. The topological polar surface area (TPSA) is 32.7 Å². The molecular formula is C19H21BrINO2. The van der Waals surface area contributed by atoms with E-state index >= 15 is 0 Å². The summed E-state index contributed by atoms with van der Waals surface area (Å²) in [6.07, 6.45) is 1.57. The predicted octanol–water partition coefficient (Wildman–Crippen LogP) is 4.59. The Morgan fingerprint density at radius 2 is 1.83 bits per heavy atom. The summed E-state index contributed by atoms with van der Waals surface area (Å²) in [6, 6.07) is 14.6. The normalized spacial score (nSPS) is 16.3. The number of benzene rings is 2. The first-order chi connectivity index (χ1) is 11.6. The zero-order valence-corrected chi connectivity index (χ0v) is 17.2. The molecule has 1 aliphatic rings. The van der Waals surface area contributed by atoms with Gasteiger partial charge in [-0.3, -0.25) is 4.90 Å². The predicted molar refractivity (Wildman–Crippen MR) is 108 cm³/mol. The molecule has 1 fully saturated rings. The molecule has 0 radical (unpaired) electrons. The Labute approximate surface area is 165 Å². The fourth-order valence-corrected chi connectivity index (χ4v) is 3.64. The van der Waals surface area contributed by atoms with E-state index in [-0.39, 0.29) is 6.10 Å². The number of nitrogens with zero attached hydrogens (tertiary/aromatic N) is 1. The minimum Gasteiger partial charge on any atom is -0.489 e. The van der Waals surface area contributed by atoms with Crippen LogP contribution in [0.5, 0.6) is 5.75 Å². The summed E-state index contributed by atoms with van der Waals surface area (Å²) in [4.78, 5) is 2.38. The highest BCUT2D eigenvalue weighted by molar-refractivity contribution is 14.1. The molecule has 0 saturated carbocycles. The van der Waals surface area contributed by atoms with Gasteiger partial charge in [0.25, 0.3) is 0 Å². The number of halogens is 2. The van der Waals surface area contributed by atoms with Crippen molar-refractivity contribution in [2.75, 3.05) is 13.1 Å². The summed E-state index contributed by atoms with van der Waals surface area (Å²) < 4.78 is 8.38. The molecule has 0 aliphatic carbocycles. The lowest BCUT2D eigenvalue weighted by molar-refractivity contribution is 0.0787. The number of ether oxygens (including phenoxy) is 1. The molecule has 1 heterocycles. The van der Waals surface area contributed by atoms with Gasteiger partial charge in [0.05, 0.1) is 6.10 Å². The lowest BCUT2D eigenvalue weighted by atomic mass is 10.1. The van der Waals surface area contributed by atoms with E-state index in [1.807, 2.05) is 12.1 Å². The van der Waals surface area contributed by atoms with Crippen molar-refractivity contribution in [3.05, 3.63) is 61.6 Å². The van der Waals surface area contributed by atoms with Gasteiger partial charge in [-0.1, -0.05) is 28.1 Å². The molecule has 2 aromatic carbocycles. The van der Waals surface area contributed by atoms with Crippen molar-refractivity contribution in [1.82, 2.24) is 4.90 Å². The van der Waals surface area contributed by atoms with Crippen LogP contribution < -0.4 is 4.74 Å². The van der Waals surface area contributed by atoms with Crippen LogP contribution >= 0.6 is 38.5 Å². The first kappa shape index (κ1) is 18.2. The van der Waals surface area contributed by atoms with E-state index in [0.717, 1.165) is 42.7 Å². The molecule has 24 heavy (non-hydrogen) atoms. The summed E-state index contributed by atoms with van der Waals surface area (Å²) in [5.74, 6) is 0.933. The van der Waals surface area contributed by atoms with Crippen LogP contribution in [0.25, 0.3) is 0 Å². The van der Waals surface area contributed by atoms with E-state index in [4.69, 9.17) is 4.74 Å². The average Bonchev–Trinajstić information content (AvgIpc) is 2.58. The van der Waals surface area contributed by atoms with Crippen molar-refractivity contribution < 1.29 is 9.84 Å². The maximum Gasteiger partial charge on any atom is 0.124 e. The Bertz CT molecular complexity index is 670. The molecule has 1 aliphatic heterocycles. The molecule has 3 rings (SSSR count). The van der Waals surface area contributed by atoms with Gasteiger partial charge in [0.15, 0.2) is 0 Å². The van der Waals surface area contributed by atoms with Gasteiger partial charge < -0.3 is 9.84 Å². The second-order valence-electron chi connectivity index (χ2n) is 6.17. The van der Waals surface area contributed by atoms with Crippen LogP contribution in [0, 0.1) is 3.57 Å². The second-order valence-corrected chi connectivity index (χ2v) is 8.34. The largest absolute Gasteiger partial charge is 0.489 e. The van der Waals surface area contributed by atoms with Crippen molar-refractivity contribution in [3.8, 4) is 5.75 Å². The Hall–Kier alpha value is -0.630. The van der Waals surface area contributed by atoms with Crippen LogP contribution in [0.4, 0.5) is 0 Å². The zero-order chi connectivity index (χ0) is 16.9. The fourth-order valence-electron chi connectivity index (χ4n) is 2.87. The monoisotopic (exact) mass is 501 g/mol. The third kappa shape index (κ3) is 5.18. The summed E-state index contributed by atoms with van der Waals surface area (Å²) in [7, 11) is 0. The SMILES string of the molecule is OC1CCN(Cc2cc(Br)ccc2OCc2ccc(I)cc2)CC1. The van der Waals surface area contributed by atoms with E-state index in [1.54, 1.807) is 0 Å². The smallest absolute Gasteiger partial charge is 0.124 e. The number of hydrogen-bond donors (Lipinski definition) is 1. The number of likely N-dealkylation sites (tertiary alicyclic amines) is 1. The lowest BCUT2D eigenvalue weighted by Gasteiger charge is -2.30. The van der Waals surface area contributed by atoms with Crippen molar-refractivity contribution in [2.24, 2.45) is 0 Å². The number of aliphatic hydroxyl groups excluding tert-OH is 1. The van der Waals surface area contributed by atoms with E-state index < -0.39 is 0 Å². The number of piperidine rings is 1. The quantitative estimate of drug-likeness (QED) is 0.608. The lowest BCUT2D eigenvalue weighted by Crippen LogP contribution is -2.35. The van der Waals surface area contributed by atoms with E-state index in [0.29, 0.717) is 6.61 Å². The Morgan fingerprint density at radius 1 is 1.12 bits per heavy atom. The van der Waals surface area contributed by atoms with Crippen molar-refractivity contribution in [1.29, 1.82) is 0 Å². The van der Waals surface area contributed by atoms with E-state index in [9.17, 15) is 5.11 Å². The number of aliphatic hydroxyl groups is 1. The van der Waals surface area contributed by atoms with Gasteiger partial charge in [-0.25, -0.2) is 0 Å². The Kier molecular flexibility index (Phi) is 6.55. The van der Waals surface area contributed by atoms with Crippen LogP contribution in [0.1, 0.15) is 24.0 Å². The third-order valence-electron chi connectivity index (χ3n) is 4.28. The molecule has 0 amide bonds. The van der Waals surface area contributed by atoms with Gasteiger partial charge in [-0.15, -0.1) is 0 Å². The molecule has 0 atom stereocenters. The van der Waals surface area contributed by atoms with Gasteiger partial charge in [0.2, 0.25) is 0 Å². The molecule has 0 aromatic heterocycles. The molecule has 0 spiro atoms. The van der Waals surface area contributed by atoms with Crippen LogP contribution in [0.2, 0.25) is 0 Å². The molecule has 0 unspecified atom stereocenters. The molecule has 0 bridgehead atoms. The van der Waals surface area contributed by atoms with Crippen LogP contribution in [-0.4, -0.2) is 29.2 Å². The molecule has 2 aromatic rings. The molecular weight excluding hydrogens is 481 g/mol. The molecule has 1 saturated heterocycles. The average molecular weight is 502 g/mol. The van der Waals surface area contributed by atoms with Crippen LogP contribution in [0.15, 0.2) is 46.9 Å². The minimum absolute atomic E-state index is 0.139. The molecule has 1 N–H and O–H groups in total. The fraction of sp³-hybridized carbons (Fsp3) is 0.368. The first-order valence-electron chi connectivity index (χ1n) is 8.16. The van der Waals surface area contributed by atoms with Crippen LogP contribution in [0.3, 0.4) is 0 Å². The van der Waals surface area contributed by atoms with Gasteiger partial charge >= 0.3 is 0 Å². The summed E-state index contributed by atoms with van der Waals surface area (Å²) in [6.45, 7) is 3.30. The second kappa shape index (κ2) is 8.65. The molecule has 128 valence electrons. The summed E-state index contributed by atoms with van der Waals surface area (Å²) in [5, 5.41) is 9.66. The highest BCUT2D eigenvalue weighted by Crippen LogP contribution is 2.26. The van der Waals surface area contributed by atoms with Gasteiger partial charge in [-0.05, 0) is 71.3 Å². The highest BCUT2D eigenvalue weighted by atomic mass is 127. The molecule has 3 nitrogen and oxygen atoms in total. The van der Waals surface area contributed by atoms with Gasteiger partial charge in [-0.2, -0.15) is 0 Å². The number of hydrogen-bond acceptors (Lipinski definition) is 3. The standard InChI is InChI=1S/C19H21BrINO2/c20-16-3-6-19(24-13-14-1-4-17(21)5-2-14)15(11-16)12-22-9-7-18(23)8-10-22/h1-6,11,18,23H,7-10,12-13H2. The Morgan fingerprint density at radius 3 is 2.54 bits per heavy atom. The van der Waals surface area contributed by atoms with E-state index in [1.165, 1.54) is 14.7 Å².